The first-order valence-corrected chi connectivity index (χ1v) is 14.2. The second kappa shape index (κ2) is 14.1. The molecule has 0 unspecified atom stereocenters. The molecule has 242 valence electrons. The van der Waals surface area contributed by atoms with E-state index in [4.69, 9.17) is 14.9 Å². The van der Waals surface area contributed by atoms with E-state index < -0.39 is 45.2 Å². The first-order chi connectivity index (χ1) is 22.4. The molecule has 5 rings (SSSR count). The lowest BCUT2D eigenvalue weighted by Crippen LogP contribution is -2.37. The normalized spacial score (nSPS) is 11.3. The van der Waals surface area contributed by atoms with Gasteiger partial charge in [-0.2, -0.15) is 0 Å². The maximum absolute atomic E-state index is 12.0. The molecule has 0 aliphatic rings. The summed E-state index contributed by atoms with van der Waals surface area (Å²) in [4.78, 5) is 68.8. The van der Waals surface area contributed by atoms with Crippen molar-refractivity contribution in [1.29, 1.82) is 0 Å². The summed E-state index contributed by atoms with van der Waals surface area (Å²) in [7, 11) is 0. The van der Waals surface area contributed by atoms with Gasteiger partial charge in [0, 0.05) is 0 Å². The smallest absolute Gasteiger partial charge is 0.339 e. The molecule has 47 heavy (non-hydrogen) atoms. The Labute approximate surface area is 265 Å². The van der Waals surface area contributed by atoms with Crippen LogP contribution in [0.1, 0.15) is 52.6 Å². The van der Waals surface area contributed by atoms with Crippen molar-refractivity contribution in [2.24, 2.45) is 0 Å². The number of aromatic carboxylic acids is 2. The van der Waals surface area contributed by atoms with Gasteiger partial charge in [0.2, 0.25) is 0 Å². The Morgan fingerprint density at radius 3 is 1.64 bits per heavy atom. The van der Waals surface area contributed by atoms with Gasteiger partial charge in [0.05, 0.1) is 24.0 Å². The quantitative estimate of drug-likeness (QED) is 0.0757. The summed E-state index contributed by atoms with van der Waals surface area (Å²) in [5.74, 6) is -3.73. The number of carbonyl (C=O) groups is 2. The van der Waals surface area contributed by atoms with Gasteiger partial charge < -0.3 is 41.1 Å². The molecule has 7 N–H and O–H groups in total. The van der Waals surface area contributed by atoms with Crippen LogP contribution >= 0.6 is 0 Å². The number of anilines is 5. The van der Waals surface area contributed by atoms with Crippen molar-refractivity contribution in [3.8, 4) is 17.2 Å². The van der Waals surface area contributed by atoms with E-state index in [0.29, 0.717) is 6.42 Å². The Balaban J connectivity index is 0.000000223. The third kappa shape index (κ3) is 6.81. The highest BCUT2D eigenvalue weighted by atomic mass is 16.5. The topological polar surface area (TPSA) is 229 Å². The fourth-order valence-electron chi connectivity index (χ4n) is 4.60. The van der Waals surface area contributed by atoms with E-state index in [1.807, 2.05) is 37.3 Å². The Morgan fingerprint density at radius 2 is 1.15 bits per heavy atom. The van der Waals surface area contributed by atoms with E-state index in [1.165, 1.54) is 36.4 Å². The number of ether oxygens (including phenoxy) is 1. The molecule has 0 heterocycles. The summed E-state index contributed by atoms with van der Waals surface area (Å²) in [6, 6.07) is 17.4. The molecule has 0 aliphatic carbocycles. The minimum atomic E-state index is -1.30. The number of benzene rings is 3. The predicted octanol–water partition coefficient (Wildman–Crippen LogP) is 3.82. The highest BCUT2D eigenvalue weighted by molar-refractivity contribution is 5.95. The summed E-state index contributed by atoms with van der Waals surface area (Å²) in [5, 5.41) is 46.1. The standard InChI is InChI=1S/C20H18N2O5.C13H11NO6/c1-2-13(11-7-4-3-5-8-11)21-15-16(19(25)18(15)24)22-14-10-6-9-12(17(14)23)20(26)27;1-2-20-12-8(10(16)11(12)17)14-7-5-3-4-6(9(7)15)13(18)19/h3-10,13,21-23H,2H2,1H3,(H,26,27);3-5,14-15H,2H2,1H3,(H,18,19)/t13-;/m1./s1. The van der Waals surface area contributed by atoms with E-state index in [9.17, 15) is 39.0 Å². The first kappa shape index (κ1) is 33.5. The Morgan fingerprint density at radius 1 is 0.660 bits per heavy atom. The van der Waals surface area contributed by atoms with Crippen molar-refractivity contribution in [3.63, 3.8) is 0 Å². The number of hydrogen-bond acceptors (Lipinski definition) is 12. The van der Waals surface area contributed by atoms with Crippen LogP contribution in [-0.4, -0.2) is 39.0 Å². The molecule has 0 bridgehead atoms. The average Bonchev–Trinajstić information content (AvgIpc) is 3.07. The van der Waals surface area contributed by atoms with Gasteiger partial charge in [-0.25, -0.2) is 9.59 Å². The van der Waals surface area contributed by atoms with Crippen molar-refractivity contribution in [2.45, 2.75) is 26.3 Å². The number of carboxylic acid groups (broad SMARTS) is 2. The molecule has 14 heteroatoms. The number of hydrogen-bond donors (Lipinski definition) is 7. The van der Waals surface area contributed by atoms with Crippen molar-refractivity contribution in [3.05, 3.63) is 124 Å². The van der Waals surface area contributed by atoms with Gasteiger partial charge in [0.25, 0.3) is 21.7 Å². The second-order valence-electron chi connectivity index (χ2n) is 9.98. The predicted molar refractivity (Wildman–Crippen MR) is 174 cm³/mol. The van der Waals surface area contributed by atoms with Gasteiger partial charge in [-0.1, -0.05) is 49.4 Å². The molecule has 0 radical (unpaired) electrons. The van der Waals surface area contributed by atoms with Crippen molar-refractivity contribution in [2.75, 3.05) is 22.6 Å². The summed E-state index contributed by atoms with van der Waals surface area (Å²) >= 11 is 0. The Kier molecular flexibility index (Phi) is 10.0. The van der Waals surface area contributed by atoms with E-state index in [-0.39, 0.29) is 58.0 Å². The van der Waals surface area contributed by atoms with Crippen LogP contribution < -0.4 is 42.4 Å². The molecule has 5 aromatic carbocycles. The highest BCUT2D eigenvalue weighted by Gasteiger charge is 2.26. The number of phenols is 2. The van der Waals surface area contributed by atoms with Gasteiger partial charge in [-0.15, -0.1) is 0 Å². The third-order valence-corrected chi connectivity index (χ3v) is 7.05. The zero-order valence-electron chi connectivity index (χ0n) is 25.0. The summed E-state index contributed by atoms with van der Waals surface area (Å²) in [6.07, 6.45) is 0.683. The SMILES string of the molecule is CCOc1c(Nc2cccc(C(=O)O)c2O)c(=O)c1=O.CC[C@@H](Nc1c(Nc2cccc(C(=O)O)c2O)c(=O)c1=O)c1ccccc1. The Hall–Kier alpha value is -6.44. The van der Waals surface area contributed by atoms with E-state index >= 15 is 0 Å². The third-order valence-electron chi connectivity index (χ3n) is 7.05. The molecule has 0 saturated carbocycles. The van der Waals surface area contributed by atoms with E-state index in [0.717, 1.165) is 5.56 Å². The van der Waals surface area contributed by atoms with Crippen molar-refractivity contribution >= 4 is 40.4 Å². The van der Waals surface area contributed by atoms with Gasteiger partial charge >= 0.3 is 11.9 Å². The minimum Gasteiger partial charge on any atom is -0.505 e. The summed E-state index contributed by atoms with van der Waals surface area (Å²) in [5.41, 5.74) is -2.45. The lowest BCUT2D eigenvalue weighted by Gasteiger charge is -2.22. The number of rotatable bonds is 12. The highest BCUT2D eigenvalue weighted by Crippen LogP contribution is 2.34. The van der Waals surface area contributed by atoms with Crippen LogP contribution in [0, 0.1) is 0 Å². The van der Waals surface area contributed by atoms with Gasteiger partial charge in [-0.3, -0.25) is 19.2 Å². The largest absolute Gasteiger partial charge is 0.505 e. The number of para-hydroxylation sites is 2. The van der Waals surface area contributed by atoms with E-state index in [2.05, 4.69) is 16.0 Å². The molecule has 0 spiro atoms. The molecular formula is C33H29N3O11. The lowest BCUT2D eigenvalue weighted by atomic mass is 10.0. The van der Waals surface area contributed by atoms with Crippen LogP contribution in [0.4, 0.5) is 28.4 Å². The van der Waals surface area contributed by atoms with Crippen LogP contribution in [0.5, 0.6) is 17.2 Å². The second-order valence-corrected chi connectivity index (χ2v) is 9.98. The molecule has 0 amide bonds. The van der Waals surface area contributed by atoms with Gasteiger partial charge in [0.15, 0.2) is 17.2 Å². The van der Waals surface area contributed by atoms with Crippen LogP contribution in [0.2, 0.25) is 0 Å². The van der Waals surface area contributed by atoms with E-state index in [1.54, 1.807) is 6.92 Å². The molecule has 5 aromatic rings. The molecular weight excluding hydrogens is 614 g/mol. The minimum absolute atomic E-state index is 0.00669. The van der Waals surface area contributed by atoms with Crippen LogP contribution in [-0.2, 0) is 0 Å². The summed E-state index contributed by atoms with van der Waals surface area (Å²) in [6.45, 7) is 3.81. The maximum atomic E-state index is 12.0. The number of carboxylic acids is 2. The monoisotopic (exact) mass is 643 g/mol. The fourth-order valence-corrected chi connectivity index (χ4v) is 4.60. The number of aromatic hydroxyl groups is 2. The average molecular weight is 644 g/mol. The van der Waals surface area contributed by atoms with Crippen LogP contribution in [0.25, 0.3) is 0 Å². The number of nitrogens with one attached hydrogen (secondary N) is 3. The lowest BCUT2D eigenvalue weighted by molar-refractivity contribution is 0.0682. The molecule has 1 atom stereocenters. The first-order valence-electron chi connectivity index (χ1n) is 14.2. The zero-order valence-corrected chi connectivity index (χ0v) is 25.0. The summed E-state index contributed by atoms with van der Waals surface area (Å²) < 4.78 is 5.01. The molecule has 14 nitrogen and oxygen atoms in total. The maximum Gasteiger partial charge on any atom is 0.339 e. The van der Waals surface area contributed by atoms with Crippen LogP contribution in [0.15, 0.2) is 85.9 Å². The molecule has 0 aromatic heterocycles. The Bertz CT molecular complexity index is 2090. The molecule has 0 aliphatic heterocycles. The van der Waals surface area contributed by atoms with Crippen LogP contribution in [0.3, 0.4) is 0 Å². The fraction of sp³-hybridized carbons (Fsp3) is 0.152. The molecule has 0 saturated heterocycles. The molecule has 0 fully saturated rings. The van der Waals surface area contributed by atoms with Crippen molar-refractivity contribution < 1.29 is 34.8 Å². The zero-order chi connectivity index (χ0) is 34.4. The van der Waals surface area contributed by atoms with Gasteiger partial charge in [0.1, 0.15) is 28.2 Å². The van der Waals surface area contributed by atoms with Crippen molar-refractivity contribution in [1.82, 2.24) is 0 Å². The van der Waals surface area contributed by atoms with Gasteiger partial charge in [-0.05, 0) is 43.2 Å².